The number of benzene rings is 1. The number of ketones is 1. The lowest BCUT2D eigenvalue weighted by atomic mass is 9.90. The zero-order chi connectivity index (χ0) is 13.0. The van der Waals surface area contributed by atoms with Crippen LogP contribution in [0.25, 0.3) is 0 Å². The summed E-state index contributed by atoms with van der Waals surface area (Å²) in [5.41, 5.74) is 1.82. The Morgan fingerprint density at radius 1 is 1.39 bits per heavy atom. The fraction of sp³-hybridized carbons (Fsp3) is 0.533. The average molecular weight is 249 g/mol. The molecule has 0 radical (unpaired) electrons. The number of hydrogen-bond donors (Lipinski definition) is 1. The number of aryl methyl sites for hydroxylation is 1. The molecule has 0 aliphatic carbocycles. The van der Waals surface area contributed by atoms with Crippen LogP contribution in [0.4, 0.5) is 4.39 Å². The Bertz CT molecular complexity index is 425. The van der Waals surface area contributed by atoms with Crippen molar-refractivity contribution < 1.29 is 9.18 Å². The van der Waals surface area contributed by atoms with Gasteiger partial charge in [-0.25, -0.2) is 4.39 Å². The highest BCUT2D eigenvalue weighted by molar-refractivity contribution is 5.81. The Morgan fingerprint density at radius 3 is 2.83 bits per heavy atom. The first-order chi connectivity index (χ1) is 8.65. The maximum Gasteiger partial charge on any atom is 0.137 e. The van der Waals surface area contributed by atoms with E-state index in [2.05, 4.69) is 5.32 Å². The van der Waals surface area contributed by atoms with E-state index in [4.69, 9.17) is 0 Å². The molecule has 1 heterocycles. The molecule has 2 rings (SSSR count). The number of piperidine rings is 1. The molecular weight excluding hydrogens is 229 g/mol. The molecule has 3 heteroatoms. The van der Waals surface area contributed by atoms with Crippen molar-refractivity contribution in [2.75, 3.05) is 13.1 Å². The highest BCUT2D eigenvalue weighted by Crippen LogP contribution is 2.18. The smallest absolute Gasteiger partial charge is 0.137 e. The van der Waals surface area contributed by atoms with Crippen molar-refractivity contribution in [1.82, 2.24) is 5.32 Å². The third-order valence-electron chi connectivity index (χ3n) is 3.67. The van der Waals surface area contributed by atoms with Crippen LogP contribution < -0.4 is 5.32 Å². The first-order valence-electron chi connectivity index (χ1n) is 6.62. The van der Waals surface area contributed by atoms with Gasteiger partial charge >= 0.3 is 0 Å². The Hall–Kier alpha value is -1.22. The molecule has 0 unspecified atom stereocenters. The van der Waals surface area contributed by atoms with Gasteiger partial charge in [0.15, 0.2) is 0 Å². The van der Waals surface area contributed by atoms with Gasteiger partial charge in [-0.1, -0.05) is 6.07 Å². The summed E-state index contributed by atoms with van der Waals surface area (Å²) < 4.78 is 13.1. The van der Waals surface area contributed by atoms with Gasteiger partial charge in [0.2, 0.25) is 0 Å². The number of carbonyl (C=O) groups is 1. The minimum atomic E-state index is -0.259. The predicted octanol–water partition coefficient (Wildman–Crippen LogP) is 2.64. The maximum atomic E-state index is 13.1. The molecule has 1 N–H and O–H groups in total. The first kappa shape index (κ1) is 13.2. The number of halogens is 1. The van der Waals surface area contributed by atoms with E-state index in [0.717, 1.165) is 37.1 Å². The number of carbonyl (C=O) groups excluding carboxylic acids is 1. The van der Waals surface area contributed by atoms with Crippen molar-refractivity contribution in [3.05, 3.63) is 35.1 Å². The van der Waals surface area contributed by atoms with Crippen molar-refractivity contribution >= 4 is 5.78 Å². The summed E-state index contributed by atoms with van der Waals surface area (Å²) in [7, 11) is 0. The van der Waals surface area contributed by atoms with E-state index in [1.807, 2.05) is 6.92 Å². The van der Waals surface area contributed by atoms with E-state index in [1.165, 1.54) is 12.1 Å². The highest BCUT2D eigenvalue weighted by Gasteiger charge is 2.17. The van der Waals surface area contributed by atoms with Crippen molar-refractivity contribution in [2.45, 2.75) is 32.6 Å². The summed E-state index contributed by atoms with van der Waals surface area (Å²) in [5, 5.41) is 3.29. The van der Waals surface area contributed by atoms with Gasteiger partial charge in [0.25, 0.3) is 0 Å². The van der Waals surface area contributed by atoms with E-state index in [-0.39, 0.29) is 11.6 Å². The lowest BCUT2D eigenvalue weighted by Gasteiger charge is -2.21. The number of nitrogens with one attached hydrogen (secondary N) is 1. The topological polar surface area (TPSA) is 29.1 Å². The van der Waals surface area contributed by atoms with E-state index in [0.29, 0.717) is 18.8 Å². The fourth-order valence-electron chi connectivity index (χ4n) is 2.52. The molecule has 1 fully saturated rings. The standard InChI is InChI=1S/C15H20FNO/c1-11-2-3-14(16)9-13(11)10-15(18)8-12-4-6-17-7-5-12/h2-3,9,12,17H,4-8,10H2,1H3. The molecule has 98 valence electrons. The van der Waals surface area contributed by atoms with E-state index in [9.17, 15) is 9.18 Å². The zero-order valence-corrected chi connectivity index (χ0v) is 10.8. The maximum absolute atomic E-state index is 13.1. The van der Waals surface area contributed by atoms with Crippen LogP contribution in [0, 0.1) is 18.7 Å². The lowest BCUT2D eigenvalue weighted by Crippen LogP contribution is -2.29. The Labute approximate surface area is 108 Å². The minimum absolute atomic E-state index is 0.232. The van der Waals surface area contributed by atoms with Crippen LogP contribution in [0.5, 0.6) is 0 Å². The van der Waals surface area contributed by atoms with Crippen molar-refractivity contribution in [1.29, 1.82) is 0 Å². The van der Waals surface area contributed by atoms with Gasteiger partial charge in [-0.05, 0) is 62.0 Å². The zero-order valence-electron chi connectivity index (χ0n) is 10.8. The fourth-order valence-corrected chi connectivity index (χ4v) is 2.52. The molecule has 0 atom stereocenters. The summed E-state index contributed by atoms with van der Waals surface area (Å²) in [6.45, 7) is 3.94. The lowest BCUT2D eigenvalue weighted by molar-refractivity contribution is -0.119. The molecule has 0 saturated carbocycles. The van der Waals surface area contributed by atoms with E-state index in [1.54, 1.807) is 6.07 Å². The summed E-state index contributed by atoms with van der Waals surface area (Å²) in [5.74, 6) is 0.480. The van der Waals surface area contributed by atoms with Crippen molar-refractivity contribution in [3.8, 4) is 0 Å². The van der Waals surface area contributed by atoms with Crippen LogP contribution in [0.1, 0.15) is 30.4 Å². The second-order valence-electron chi connectivity index (χ2n) is 5.18. The summed E-state index contributed by atoms with van der Waals surface area (Å²) >= 11 is 0. The van der Waals surface area contributed by atoms with Gasteiger partial charge in [0, 0.05) is 12.8 Å². The monoisotopic (exact) mass is 249 g/mol. The van der Waals surface area contributed by atoms with Crippen LogP contribution in [0.2, 0.25) is 0 Å². The quantitative estimate of drug-likeness (QED) is 0.888. The molecule has 0 aromatic heterocycles. The van der Waals surface area contributed by atoms with Gasteiger partial charge < -0.3 is 5.32 Å². The SMILES string of the molecule is Cc1ccc(F)cc1CC(=O)CC1CCNCC1. The first-order valence-corrected chi connectivity index (χ1v) is 6.62. The molecule has 0 amide bonds. The minimum Gasteiger partial charge on any atom is -0.317 e. The molecule has 1 aromatic carbocycles. The molecule has 1 saturated heterocycles. The third-order valence-corrected chi connectivity index (χ3v) is 3.67. The Morgan fingerprint density at radius 2 is 2.11 bits per heavy atom. The number of rotatable bonds is 4. The van der Waals surface area contributed by atoms with Crippen LogP contribution in [-0.2, 0) is 11.2 Å². The highest BCUT2D eigenvalue weighted by atomic mass is 19.1. The molecule has 2 nitrogen and oxygen atoms in total. The predicted molar refractivity (Wildman–Crippen MR) is 70.1 cm³/mol. The third kappa shape index (κ3) is 3.64. The van der Waals surface area contributed by atoms with Crippen molar-refractivity contribution in [2.24, 2.45) is 5.92 Å². The molecular formula is C15H20FNO. The second kappa shape index (κ2) is 6.10. The van der Waals surface area contributed by atoms with Gasteiger partial charge in [0.05, 0.1) is 0 Å². The molecule has 18 heavy (non-hydrogen) atoms. The number of Topliss-reactive ketones (excluding diaryl/α,β-unsaturated/α-hetero) is 1. The number of hydrogen-bond acceptors (Lipinski definition) is 2. The Kier molecular flexibility index (Phi) is 4.48. The average Bonchev–Trinajstić information content (AvgIpc) is 2.35. The van der Waals surface area contributed by atoms with Gasteiger partial charge in [-0.3, -0.25) is 4.79 Å². The molecule has 0 spiro atoms. The van der Waals surface area contributed by atoms with Crippen molar-refractivity contribution in [3.63, 3.8) is 0 Å². The largest absolute Gasteiger partial charge is 0.317 e. The summed E-state index contributed by atoms with van der Waals surface area (Å²) in [6.07, 6.45) is 3.16. The van der Waals surface area contributed by atoms with Crippen LogP contribution in [-0.4, -0.2) is 18.9 Å². The second-order valence-corrected chi connectivity index (χ2v) is 5.18. The van der Waals surface area contributed by atoms with Crippen LogP contribution in [0.15, 0.2) is 18.2 Å². The molecule has 0 bridgehead atoms. The summed E-state index contributed by atoms with van der Waals surface area (Å²) in [4.78, 5) is 12.0. The van der Waals surface area contributed by atoms with Gasteiger partial charge in [-0.2, -0.15) is 0 Å². The molecule has 1 aliphatic heterocycles. The normalized spacial score (nSPS) is 16.8. The van der Waals surface area contributed by atoms with Crippen LogP contribution >= 0.6 is 0 Å². The molecule has 1 aliphatic rings. The Balaban J connectivity index is 1.92. The van der Waals surface area contributed by atoms with Gasteiger partial charge in [0.1, 0.15) is 11.6 Å². The molecule has 1 aromatic rings. The summed E-state index contributed by atoms with van der Waals surface area (Å²) in [6, 6.07) is 4.66. The van der Waals surface area contributed by atoms with Crippen LogP contribution in [0.3, 0.4) is 0 Å². The van der Waals surface area contributed by atoms with E-state index < -0.39 is 0 Å². The van der Waals surface area contributed by atoms with Gasteiger partial charge in [-0.15, -0.1) is 0 Å². The van der Waals surface area contributed by atoms with E-state index >= 15 is 0 Å².